The molecule has 0 bridgehead atoms. The molecule has 0 spiro atoms. The highest BCUT2D eigenvalue weighted by molar-refractivity contribution is 6.31. The molecule has 0 amide bonds. The van der Waals surface area contributed by atoms with Gasteiger partial charge in [-0.15, -0.1) is 0 Å². The van der Waals surface area contributed by atoms with E-state index in [0.717, 1.165) is 0 Å². The fraction of sp³-hybridized carbons (Fsp3) is 0.364. The smallest absolute Gasteiger partial charge is 0.340 e. The molecule has 0 heterocycles. The van der Waals surface area contributed by atoms with Gasteiger partial charge in [0.2, 0.25) is 0 Å². The third-order valence-electron chi connectivity index (χ3n) is 2.09. The predicted molar refractivity (Wildman–Crippen MR) is 62.6 cm³/mol. The molecule has 0 aliphatic heterocycles. The first kappa shape index (κ1) is 12.8. The van der Waals surface area contributed by atoms with Crippen molar-refractivity contribution in [1.82, 2.24) is 0 Å². The number of nitrogens with two attached hydrogens (primary N) is 1. The van der Waals surface area contributed by atoms with Gasteiger partial charge in [0, 0.05) is 17.8 Å². The maximum absolute atomic E-state index is 11.6. The quantitative estimate of drug-likeness (QED) is 0.650. The van der Waals surface area contributed by atoms with E-state index in [-0.39, 0.29) is 12.7 Å². The Morgan fingerprint density at radius 2 is 2.25 bits per heavy atom. The van der Waals surface area contributed by atoms with Crippen molar-refractivity contribution in [1.29, 1.82) is 0 Å². The molecule has 0 radical (unpaired) electrons. The fourth-order valence-corrected chi connectivity index (χ4v) is 1.24. The van der Waals surface area contributed by atoms with E-state index in [2.05, 4.69) is 0 Å². The Kier molecular flexibility index (Phi) is 4.58. The first-order valence-electron chi connectivity index (χ1n) is 4.79. The van der Waals surface area contributed by atoms with Crippen molar-refractivity contribution >= 4 is 23.3 Å². The topological polar surface area (TPSA) is 61.5 Å². The minimum atomic E-state index is -0.474. The second-order valence-corrected chi connectivity index (χ2v) is 3.81. The van der Waals surface area contributed by atoms with E-state index >= 15 is 0 Å². The number of hydrogen-bond donors (Lipinski definition) is 1. The van der Waals surface area contributed by atoms with Crippen molar-refractivity contribution in [3.05, 3.63) is 28.8 Å². The summed E-state index contributed by atoms with van der Waals surface area (Å²) in [5.74, 6) is -0.474. The van der Waals surface area contributed by atoms with Crippen molar-refractivity contribution in [2.75, 3.05) is 19.5 Å². The van der Waals surface area contributed by atoms with Crippen LogP contribution >= 0.6 is 11.6 Å². The number of rotatable bonds is 4. The highest BCUT2D eigenvalue weighted by Gasteiger charge is 2.12. The van der Waals surface area contributed by atoms with Crippen LogP contribution in [0, 0.1) is 0 Å². The van der Waals surface area contributed by atoms with Gasteiger partial charge in [0.15, 0.2) is 0 Å². The Bertz CT molecular complexity index is 381. The van der Waals surface area contributed by atoms with Gasteiger partial charge in [0.25, 0.3) is 0 Å². The minimum Gasteiger partial charge on any atom is -0.459 e. The number of benzene rings is 1. The molecule has 4 nitrogen and oxygen atoms in total. The largest absolute Gasteiger partial charge is 0.459 e. The Morgan fingerprint density at radius 1 is 1.56 bits per heavy atom. The maximum atomic E-state index is 11.6. The SMILES string of the molecule is COC(C)COC(=O)c1ccc(Cl)cc1N. The molecule has 1 rings (SSSR count). The van der Waals surface area contributed by atoms with Gasteiger partial charge >= 0.3 is 5.97 Å². The van der Waals surface area contributed by atoms with Gasteiger partial charge in [-0.3, -0.25) is 0 Å². The molecule has 0 aliphatic carbocycles. The summed E-state index contributed by atoms with van der Waals surface area (Å²) in [6.07, 6.45) is -0.141. The number of halogens is 1. The summed E-state index contributed by atoms with van der Waals surface area (Å²) in [6.45, 7) is 2.00. The summed E-state index contributed by atoms with van der Waals surface area (Å²) in [5.41, 5.74) is 6.27. The zero-order valence-electron chi connectivity index (χ0n) is 9.20. The zero-order chi connectivity index (χ0) is 12.1. The van der Waals surface area contributed by atoms with Crippen LogP contribution in [0.1, 0.15) is 17.3 Å². The molecular weight excluding hydrogens is 230 g/mol. The molecule has 1 atom stereocenters. The molecule has 0 aliphatic rings. The van der Waals surface area contributed by atoms with E-state index < -0.39 is 5.97 Å². The second-order valence-electron chi connectivity index (χ2n) is 3.38. The average molecular weight is 244 g/mol. The summed E-state index contributed by atoms with van der Waals surface area (Å²) in [6, 6.07) is 4.64. The molecule has 2 N–H and O–H groups in total. The van der Waals surface area contributed by atoms with Crippen LogP contribution in [0.2, 0.25) is 5.02 Å². The number of hydrogen-bond acceptors (Lipinski definition) is 4. The van der Waals surface area contributed by atoms with Gasteiger partial charge in [-0.2, -0.15) is 0 Å². The molecular formula is C11H14ClNO3. The summed E-state index contributed by atoms with van der Waals surface area (Å²) in [7, 11) is 1.55. The lowest BCUT2D eigenvalue weighted by Gasteiger charge is -2.11. The van der Waals surface area contributed by atoms with Crippen LogP contribution in [-0.4, -0.2) is 25.8 Å². The van der Waals surface area contributed by atoms with E-state index in [4.69, 9.17) is 26.8 Å². The molecule has 1 aromatic rings. The summed E-state index contributed by atoms with van der Waals surface area (Å²) in [5, 5.41) is 0.485. The minimum absolute atomic E-state index is 0.141. The number of methoxy groups -OCH3 is 1. The van der Waals surface area contributed by atoms with Crippen molar-refractivity contribution in [3.63, 3.8) is 0 Å². The van der Waals surface area contributed by atoms with Crippen LogP contribution in [0.5, 0.6) is 0 Å². The van der Waals surface area contributed by atoms with Gasteiger partial charge in [-0.05, 0) is 25.1 Å². The third kappa shape index (κ3) is 3.40. The Balaban J connectivity index is 2.66. The van der Waals surface area contributed by atoms with Crippen LogP contribution < -0.4 is 5.73 Å². The van der Waals surface area contributed by atoms with Crippen LogP contribution in [0.25, 0.3) is 0 Å². The van der Waals surface area contributed by atoms with Crippen molar-refractivity contribution in [2.45, 2.75) is 13.0 Å². The van der Waals surface area contributed by atoms with E-state index in [0.29, 0.717) is 16.3 Å². The zero-order valence-corrected chi connectivity index (χ0v) is 9.95. The van der Waals surface area contributed by atoms with Crippen LogP contribution in [0.4, 0.5) is 5.69 Å². The van der Waals surface area contributed by atoms with E-state index in [1.807, 2.05) is 0 Å². The molecule has 0 fully saturated rings. The highest BCUT2D eigenvalue weighted by atomic mass is 35.5. The first-order chi connectivity index (χ1) is 7.54. The standard InChI is InChI=1S/C11H14ClNO3/c1-7(15-2)6-16-11(14)9-4-3-8(12)5-10(9)13/h3-5,7H,6,13H2,1-2H3. The maximum Gasteiger partial charge on any atom is 0.340 e. The van der Waals surface area contributed by atoms with E-state index in [1.165, 1.54) is 12.1 Å². The van der Waals surface area contributed by atoms with Gasteiger partial charge in [0.05, 0.1) is 11.7 Å². The summed E-state index contributed by atoms with van der Waals surface area (Å²) >= 11 is 5.72. The number of anilines is 1. The molecule has 5 heteroatoms. The number of carbonyl (C=O) groups is 1. The van der Waals surface area contributed by atoms with E-state index in [9.17, 15) is 4.79 Å². The molecule has 0 aromatic heterocycles. The molecule has 1 unspecified atom stereocenters. The number of nitrogen functional groups attached to an aromatic ring is 1. The molecule has 16 heavy (non-hydrogen) atoms. The lowest BCUT2D eigenvalue weighted by molar-refractivity contribution is 0.0170. The predicted octanol–water partition coefficient (Wildman–Crippen LogP) is 2.11. The van der Waals surface area contributed by atoms with Gasteiger partial charge < -0.3 is 15.2 Å². The lowest BCUT2D eigenvalue weighted by Crippen LogP contribution is -2.18. The van der Waals surface area contributed by atoms with Crippen LogP contribution in [0.15, 0.2) is 18.2 Å². The van der Waals surface area contributed by atoms with E-state index in [1.54, 1.807) is 20.1 Å². The van der Waals surface area contributed by atoms with Crippen LogP contribution in [-0.2, 0) is 9.47 Å². The average Bonchev–Trinajstić information content (AvgIpc) is 2.25. The van der Waals surface area contributed by atoms with Crippen molar-refractivity contribution in [2.24, 2.45) is 0 Å². The number of ether oxygens (including phenoxy) is 2. The van der Waals surface area contributed by atoms with Gasteiger partial charge in [-0.1, -0.05) is 11.6 Å². The van der Waals surface area contributed by atoms with Crippen molar-refractivity contribution < 1.29 is 14.3 Å². The highest BCUT2D eigenvalue weighted by Crippen LogP contribution is 2.18. The fourth-order valence-electron chi connectivity index (χ4n) is 1.06. The normalized spacial score (nSPS) is 12.2. The monoisotopic (exact) mass is 243 g/mol. The van der Waals surface area contributed by atoms with Gasteiger partial charge in [-0.25, -0.2) is 4.79 Å². The molecule has 0 saturated carbocycles. The molecule has 88 valence electrons. The first-order valence-corrected chi connectivity index (χ1v) is 5.17. The number of esters is 1. The van der Waals surface area contributed by atoms with Crippen molar-refractivity contribution in [3.8, 4) is 0 Å². The molecule has 0 saturated heterocycles. The Hall–Kier alpha value is -1.26. The Morgan fingerprint density at radius 3 is 2.81 bits per heavy atom. The second kappa shape index (κ2) is 5.72. The lowest BCUT2D eigenvalue weighted by atomic mass is 10.2. The molecule has 1 aromatic carbocycles. The van der Waals surface area contributed by atoms with Crippen LogP contribution in [0.3, 0.4) is 0 Å². The third-order valence-corrected chi connectivity index (χ3v) is 2.32. The number of carbonyl (C=O) groups excluding carboxylic acids is 1. The Labute approximate surface area is 99.3 Å². The summed E-state index contributed by atoms with van der Waals surface area (Å²) < 4.78 is 9.97. The van der Waals surface area contributed by atoms with Gasteiger partial charge in [0.1, 0.15) is 6.61 Å². The summed E-state index contributed by atoms with van der Waals surface area (Å²) in [4.78, 5) is 11.6.